The van der Waals surface area contributed by atoms with Gasteiger partial charge in [0.2, 0.25) is 0 Å². The van der Waals surface area contributed by atoms with Crippen molar-refractivity contribution in [3.8, 4) is 56.5 Å². The van der Waals surface area contributed by atoms with Gasteiger partial charge in [-0.2, -0.15) is 0 Å². The van der Waals surface area contributed by atoms with E-state index in [0.29, 0.717) is 5.82 Å². The summed E-state index contributed by atoms with van der Waals surface area (Å²) in [6.07, 6.45) is 0. The maximum atomic E-state index is 5.19. The molecule has 0 amide bonds. The maximum absolute atomic E-state index is 5.19. The minimum absolute atomic E-state index is 0.696. The Morgan fingerprint density at radius 1 is 0.395 bits per heavy atom. The molecule has 43 heavy (non-hydrogen) atoms. The van der Waals surface area contributed by atoms with Crippen molar-refractivity contribution in [1.29, 1.82) is 0 Å². The molecule has 0 aliphatic rings. The fourth-order valence-corrected chi connectivity index (χ4v) is 6.52. The molecule has 4 nitrogen and oxygen atoms in total. The van der Waals surface area contributed by atoms with Crippen LogP contribution in [-0.4, -0.2) is 19.9 Å². The fraction of sp³-hybridized carbons (Fsp3) is 0. The summed E-state index contributed by atoms with van der Waals surface area (Å²) < 4.78 is 1.20. The van der Waals surface area contributed by atoms with E-state index in [1.54, 1.807) is 11.3 Å². The van der Waals surface area contributed by atoms with Gasteiger partial charge in [-0.15, -0.1) is 11.3 Å². The molecule has 0 radical (unpaired) electrons. The van der Waals surface area contributed by atoms with Gasteiger partial charge >= 0.3 is 0 Å². The molecule has 5 heteroatoms. The third-order valence-corrected chi connectivity index (χ3v) is 8.59. The summed E-state index contributed by atoms with van der Waals surface area (Å²) in [7, 11) is 0. The molecule has 5 aromatic carbocycles. The predicted molar refractivity (Wildman–Crippen MR) is 178 cm³/mol. The highest BCUT2D eigenvalue weighted by molar-refractivity contribution is 7.25. The van der Waals surface area contributed by atoms with Crippen molar-refractivity contribution < 1.29 is 0 Å². The van der Waals surface area contributed by atoms with Gasteiger partial charge in [0.05, 0.1) is 17.1 Å². The SMILES string of the molecule is c1ccc(-c2cc(-c3cccc(-c4nc(-c5ccccc5)nc5sc6ccccc6c45)c3)nc(-c3ccccc3)n2)cc1. The smallest absolute Gasteiger partial charge is 0.161 e. The lowest BCUT2D eigenvalue weighted by Crippen LogP contribution is -1.96. The van der Waals surface area contributed by atoms with Gasteiger partial charge in [0.15, 0.2) is 11.6 Å². The molecule has 0 atom stereocenters. The fourth-order valence-electron chi connectivity index (χ4n) is 5.44. The molecule has 0 unspecified atom stereocenters. The quantitative estimate of drug-likeness (QED) is 0.207. The van der Waals surface area contributed by atoms with Crippen LogP contribution in [0.4, 0.5) is 0 Å². The number of fused-ring (bicyclic) bond motifs is 3. The van der Waals surface area contributed by atoms with Gasteiger partial charge in [0, 0.05) is 43.3 Å². The summed E-state index contributed by atoms with van der Waals surface area (Å²) in [5.41, 5.74) is 7.71. The summed E-state index contributed by atoms with van der Waals surface area (Å²) in [4.78, 5) is 21.2. The van der Waals surface area contributed by atoms with Crippen LogP contribution in [0.5, 0.6) is 0 Å². The topological polar surface area (TPSA) is 51.6 Å². The van der Waals surface area contributed by atoms with Crippen molar-refractivity contribution in [2.75, 3.05) is 0 Å². The summed E-state index contributed by atoms with van der Waals surface area (Å²) in [5, 5.41) is 2.25. The lowest BCUT2D eigenvalue weighted by molar-refractivity contribution is 1.18. The van der Waals surface area contributed by atoms with Gasteiger partial charge < -0.3 is 0 Å². The van der Waals surface area contributed by atoms with Gasteiger partial charge in [0.1, 0.15) is 4.83 Å². The zero-order valence-electron chi connectivity index (χ0n) is 23.1. The summed E-state index contributed by atoms with van der Waals surface area (Å²) in [6, 6.07) is 49.7. The summed E-state index contributed by atoms with van der Waals surface area (Å²) in [6.45, 7) is 0. The van der Waals surface area contributed by atoms with Gasteiger partial charge in [-0.05, 0) is 18.2 Å². The van der Waals surface area contributed by atoms with Crippen LogP contribution in [-0.2, 0) is 0 Å². The molecule has 0 fully saturated rings. The van der Waals surface area contributed by atoms with Gasteiger partial charge in [-0.1, -0.05) is 127 Å². The monoisotopic (exact) mass is 568 g/mol. The molecule has 8 aromatic rings. The van der Waals surface area contributed by atoms with Gasteiger partial charge in [-0.3, -0.25) is 0 Å². The Balaban J connectivity index is 1.34. The first-order valence-electron chi connectivity index (χ1n) is 14.2. The molecule has 0 saturated heterocycles. The predicted octanol–water partition coefficient (Wildman–Crippen LogP) is 9.97. The van der Waals surface area contributed by atoms with Crippen LogP contribution in [0.3, 0.4) is 0 Å². The average Bonchev–Trinajstić information content (AvgIpc) is 3.47. The zero-order chi connectivity index (χ0) is 28.6. The standard InChI is InChI=1S/C38H24N4S/c1-4-13-25(14-5-1)31-24-32(40-36(39-31)26-15-6-2-7-16-26)28-19-12-20-29(23-28)35-34-30-21-10-11-22-33(30)43-38(34)42-37(41-35)27-17-8-3-9-18-27/h1-24H. The van der Waals surface area contributed by atoms with Gasteiger partial charge in [-0.25, -0.2) is 19.9 Å². The Kier molecular flexibility index (Phi) is 6.28. The van der Waals surface area contributed by atoms with E-state index in [2.05, 4.69) is 91.0 Å². The Labute approximate surface area is 253 Å². The third kappa shape index (κ3) is 4.76. The largest absolute Gasteiger partial charge is 0.228 e. The highest BCUT2D eigenvalue weighted by atomic mass is 32.1. The highest BCUT2D eigenvalue weighted by Gasteiger charge is 2.18. The first kappa shape index (κ1) is 25.2. The normalized spacial score (nSPS) is 11.3. The van der Waals surface area contributed by atoms with Gasteiger partial charge in [0.25, 0.3) is 0 Å². The van der Waals surface area contributed by atoms with Crippen LogP contribution in [0.15, 0.2) is 146 Å². The van der Waals surface area contributed by atoms with Crippen LogP contribution in [0.1, 0.15) is 0 Å². The Hall–Kier alpha value is -5.52. The molecule has 202 valence electrons. The van der Waals surface area contributed by atoms with E-state index in [9.17, 15) is 0 Å². The first-order chi connectivity index (χ1) is 21.3. The van der Waals surface area contributed by atoms with E-state index in [1.165, 1.54) is 10.1 Å². The second kappa shape index (κ2) is 10.7. The molecule has 3 heterocycles. The highest BCUT2D eigenvalue weighted by Crippen LogP contribution is 2.40. The van der Waals surface area contributed by atoms with E-state index in [0.717, 1.165) is 60.9 Å². The van der Waals surface area contributed by atoms with Crippen LogP contribution in [0.2, 0.25) is 0 Å². The number of aromatic nitrogens is 4. The van der Waals surface area contributed by atoms with Crippen LogP contribution >= 0.6 is 11.3 Å². The van der Waals surface area contributed by atoms with Crippen molar-refractivity contribution in [3.63, 3.8) is 0 Å². The van der Waals surface area contributed by atoms with Crippen molar-refractivity contribution >= 4 is 31.6 Å². The molecule has 3 aromatic heterocycles. The molecule has 0 spiro atoms. The number of thiophene rings is 1. The van der Waals surface area contributed by atoms with Crippen LogP contribution in [0, 0.1) is 0 Å². The minimum Gasteiger partial charge on any atom is -0.228 e. The molecule has 0 N–H and O–H groups in total. The van der Waals surface area contributed by atoms with E-state index in [1.807, 2.05) is 54.6 Å². The number of nitrogens with zero attached hydrogens (tertiary/aromatic N) is 4. The average molecular weight is 569 g/mol. The Morgan fingerprint density at radius 3 is 1.63 bits per heavy atom. The second-order valence-corrected chi connectivity index (χ2v) is 11.3. The minimum atomic E-state index is 0.696. The zero-order valence-corrected chi connectivity index (χ0v) is 23.9. The Bertz CT molecular complexity index is 2170. The van der Waals surface area contributed by atoms with Crippen LogP contribution < -0.4 is 0 Å². The van der Waals surface area contributed by atoms with E-state index in [4.69, 9.17) is 19.9 Å². The first-order valence-corrected chi connectivity index (χ1v) is 15.0. The van der Waals surface area contributed by atoms with E-state index >= 15 is 0 Å². The van der Waals surface area contributed by atoms with Crippen molar-refractivity contribution in [2.24, 2.45) is 0 Å². The molecular formula is C38H24N4S. The van der Waals surface area contributed by atoms with Crippen LogP contribution in [0.25, 0.3) is 76.9 Å². The maximum Gasteiger partial charge on any atom is 0.161 e. The molecule has 0 aliphatic carbocycles. The molecule has 0 bridgehead atoms. The molecule has 8 rings (SSSR count). The number of rotatable bonds is 5. The van der Waals surface area contributed by atoms with Crippen molar-refractivity contribution in [2.45, 2.75) is 0 Å². The summed E-state index contributed by atoms with van der Waals surface area (Å²) in [5.74, 6) is 1.42. The molecule has 0 saturated carbocycles. The van der Waals surface area contributed by atoms with Crippen molar-refractivity contribution in [1.82, 2.24) is 19.9 Å². The second-order valence-electron chi connectivity index (χ2n) is 10.3. The van der Waals surface area contributed by atoms with E-state index in [-0.39, 0.29) is 0 Å². The lowest BCUT2D eigenvalue weighted by Gasteiger charge is -2.11. The number of hydrogen-bond donors (Lipinski definition) is 0. The number of benzene rings is 5. The van der Waals surface area contributed by atoms with Crippen molar-refractivity contribution in [3.05, 3.63) is 146 Å². The molecule has 0 aliphatic heterocycles. The third-order valence-electron chi connectivity index (χ3n) is 7.53. The Morgan fingerprint density at radius 2 is 0.930 bits per heavy atom. The van der Waals surface area contributed by atoms with E-state index < -0.39 is 0 Å². The lowest BCUT2D eigenvalue weighted by atomic mass is 10.0. The number of hydrogen-bond acceptors (Lipinski definition) is 5. The molecular weight excluding hydrogens is 545 g/mol. The summed E-state index contributed by atoms with van der Waals surface area (Å²) >= 11 is 1.71.